The molecule has 1 heterocycles. The van der Waals surface area contributed by atoms with Crippen LogP contribution in [0, 0.1) is 0 Å². The van der Waals surface area contributed by atoms with Gasteiger partial charge in [0.05, 0.1) is 12.2 Å². The molecule has 24 heavy (non-hydrogen) atoms. The predicted octanol–water partition coefficient (Wildman–Crippen LogP) is 3.72. The van der Waals surface area contributed by atoms with Crippen molar-refractivity contribution in [3.05, 3.63) is 53.6 Å². The average Bonchev–Trinajstić information content (AvgIpc) is 3.03. The highest BCUT2D eigenvalue weighted by Gasteiger charge is 2.07. The number of aliphatic imine (C=N–C) groups is 1. The number of amides is 1. The van der Waals surface area contributed by atoms with Gasteiger partial charge in [-0.05, 0) is 37.1 Å². The first-order chi connectivity index (χ1) is 11.5. The van der Waals surface area contributed by atoms with Crippen molar-refractivity contribution in [2.45, 2.75) is 13.8 Å². The molecule has 0 atom stereocenters. The number of nitrogens with zero attached hydrogens (tertiary/aromatic N) is 2. The summed E-state index contributed by atoms with van der Waals surface area (Å²) >= 11 is 1.38. The fraction of sp³-hybridized carbons (Fsp3) is 0.167. The highest BCUT2D eigenvalue weighted by molar-refractivity contribution is 7.14. The number of hydrogen-bond donors (Lipinski definition) is 2. The molecule has 0 saturated carbocycles. The molecule has 0 bridgehead atoms. The lowest BCUT2D eigenvalue weighted by Gasteiger charge is -2.03. The van der Waals surface area contributed by atoms with Gasteiger partial charge in [0.1, 0.15) is 0 Å². The molecular formula is C18H20N4OS. The van der Waals surface area contributed by atoms with Crippen LogP contribution in [0.3, 0.4) is 0 Å². The molecule has 5 nitrogen and oxygen atoms in total. The maximum Gasteiger partial charge on any atom is 0.239 e. The van der Waals surface area contributed by atoms with E-state index in [1.807, 2.05) is 43.5 Å². The molecule has 0 fully saturated rings. The molecule has 1 aromatic carbocycles. The highest BCUT2D eigenvalue weighted by atomic mass is 32.1. The molecule has 0 aliphatic rings. The third kappa shape index (κ3) is 4.97. The molecule has 124 valence electrons. The zero-order valence-electron chi connectivity index (χ0n) is 13.7. The van der Waals surface area contributed by atoms with Gasteiger partial charge in [0.2, 0.25) is 5.91 Å². The van der Waals surface area contributed by atoms with Crippen molar-refractivity contribution in [1.82, 2.24) is 4.98 Å². The van der Waals surface area contributed by atoms with Gasteiger partial charge in [0.25, 0.3) is 0 Å². The van der Waals surface area contributed by atoms with Crippen LogP contribution in [-0.2, 0) is 4.79 Å². The van der Waals surface area contributed by atoms with Gasteiger partial charge in [-0.3, -0.25) is 9.79 Å². The smallest absolute Gasteiger partial charge is 0.239 e. The van der Waals surface area contributed by atoms with Crippen LogP contribution in [0.4, 0.5) is 5.13 Å². The van der Waals surface area contributed by atoms with E-state index in [1.54, 1.807) is 6.21 Å². The topological polar surface area (TPSA) is 80.4 Å². The summed E-state index contributed by atoms with van der Waals surface area (Å²) < 4.78 is 0. The molecule has 0 radical (unpaired) electrons. The van der Waals surface area contributed by atoms with Crippen LogP contribution in [0.1, 0.15) is 19.4 Å². The summed E-state index contributed by atoms with van der Waals surface area (Å²) in [5.74, 6) is -0.250. The number of thiazole rings is 1. The average molecular weight is 340 g/mol. The molecule has 6 heteroatoms. The van der Waals surface area contributed by atoms with Gasteiger partial charge in [0.15, 0.2) is 5.13 Å². The zero-order chi connectivity index (χ0) is 17.5. The summed E-state index contributed by atoms with van der Waals surface area (Å²) in [6.45, 7) is 7.56. The quantitative estimate of drug-likeness (QED) is 0.787. The van der Waals surface area contributed by atoms with Crippen LogP contribution < -0.4 is 11.1 Å². The van der Waals surface area contributed by atoms with E-state index in [9.17, 15) is 4.79 Å². The van der Waals surface area contributed by atoms with E-state index < -0.39 is 0 Å². The number of nitrogens with two attached hydrogens (primary N) is 1. The van der Waals surface area contributed by atoms with Gasteiger partial charge in [-0.25, -0.2) is 4.98 Å². The van der Waals surface area contributed by atoms with Crippen LogP contribution in [0.2, 0.25) is 0 Å². The lowest BCUT2D eigenvalue weighted by atomic mass is 10.0. The van der Waals surface area contributed by atoms with Crippen molar-refractivity contribution in [3.63, 3.8) is 0 Å². The molecular weight excluding hydrogens is 320 g/mol. The SMILES string of the molecule is C=C(C)/N=C\C=C(/C)c1cccc(-c2csc(NC(=O)CN)n2)c1. The van der Waals surface area contributed by atoms with Gasteiger partial charge in [-0.1, -0.05) is 24.8 Å². The summed E-state index contributed by atoms with van der Waals surface area (Å²) in [6.07, 6.45) is 3.69. The number of carbonyl (C=O) groups is 1. The third-order valence-corrected chi connectivity index (χ3v) is 3.93. The summed E-state index contributed by atoms with van der Waals surface area (Å²) in [6, 6.07) is 8.06. The first-order valence-electron chi connectivity index (χ1n) is 7.42. The number of aromatic nitrogens is 1. The first kappa shape index (κ1) is 17.8. The van der Waals surface area contributed by atoms with Crippen molar-refractivity contribution in [1.29, 1.82) is 0 Å². The van der Waals surface area contributed by atoms with E-state index in [1.165, 1.54) is 11.3 Å². The van der Waals surface area contributed by atoms with E-state index in [-0.39, 0.29) is 12.5 Å². The van der Waals surface area contributed by atoms with Crippen molar-refractivity contribution in [2.24, 2.45) is 10.7 Å². The fourth-order valence-corrected chi connectivity index (χ4v) is 2.67. The number of rotatable bonds is 6. The van der Waals surface area contributed by atoms with Crippen molar-refractivity contribution < 1.29 is 4.79 Å². The molecule has 0 aliphatic carbocycles. The second kappa shape index (κ2) is 8.33. The Hall–Kier alpha value is -2.57. The highest BCUT2D eigenvalue weighted by Crippen LogP contribution is 2.27. The Balaban J connectivity index is 2.21. The Morgan fingerprint density at radius 1 is 1.46 bits per heavy atom. The summed E-state index contributed by atoms with van der Waals surface area (Å²) in [5, 5.41) is 5.12. The second-order valence-electron chi connectivity index (χ2n) is 5.23. The molecule has 2 aromatic rings. The molecule has 3 N–H and O–H groups in total. The summed E-state index contributed by atoms with van der Waals surface area (Å²) in [4.78, 5) is 19.9. The fourth-order valence-electron chi connectivity index (χ4n) is 1.93. The van der Waals surface area contributed by atoms with E-state index in [4.69, 9.17) is 5.73 Å². The molecule has 1 aromatic heterocycles. The number of anilines is 1. The van der Waals surface area contributed by atoms with Crippen LogP contribution >= 0.6 is 11.3 Å². The van der Waals surface area contributed by atoms with Crippen molar-refractivity contribution >= 4 is 34.2 Å². The van der Waals surface area contributed by atoms with Crippen molar-refractivity contribution in [3.8, 4) is 11.3 Å². The summed E-state index contributed by atoms with van der Waals surface area (Å²) in [7, 11) is 0. The monoisotopic (exact) mass is 340 g/mol. The van der Waals surface area contributed by atoms with Gasteiger partial charge < -0.3 is 11.1 Å². The van der Waals surface area contributed by atoms with E-state index in [2.05, 4.69) is 27.9 Å². The minimum absolute atomic E-state index is 0.0554. The molecule has 0 aliphatic heterocycles. The number of benzene rings is 1. The van der Waals surface area contributed by atoms with E-state index >= 15 is 0 Å². The van der Waals surface area contributed by atoms with Crippen LogP contribution in [0.15, 0.2) is 53.0 Å². The van der Waals surface area contributed by atoms with Gasteiger partial charge >= 0.3 is 0 Å². The largest absolute Gasteiger partial charge is 0.322 e. The Kier molecular flexibility index (Phi) is 6.17. The normalized spacial score (nSPS) is 11.7. The molecule has 0 saturated heterocycles. The Labute approximate surface area is 145 Å². The minimum Gasteiger partial charge on any atom is -0.322 e. The Morgan fingerprint density at radius 2 is 2.25 bits per heavy atom. The lowest BCUT2D eigenvalue weighted by Crippen LogP contribution is -2.21. The maximum atomic E-state index is 11.3. The van der Waals surface area contributed by atoms with Gasteiger partial charge in [-0.15, -0.1) is 11.3 Å². The minimum atomic E-state index is -0.250. The zero-order valence-corrected chi connectivity index (χ0v) is 14.6. The second-order valence-corrected chi connectivity index (χ2v) is 6.09. The van der Waals surface area contributed by atoms with Gasteiger partial charge in [0, 0.05) is 22.9 Å². The number of allylic oxidation sites excluding steroid dienone is 3. The molecule has 2 rings (SSSR count). The molecule has 0 unspecified atom stereocenters. The first-order valence-corrected chi connectivity index (χ1v) is 8.30. The number of hydrogen-bond acceptors (Lipinski definition) is 5. The standard InChI is InChI=1S/C18H20N4OS/c1-12(2)20-8-7-13(3)14-5-4-6-15(9-14)16-11-24-18(21-16)22-17(23)10-19/h4-9,11H,1,10,19H2,2-3H3,(H,21,22,23)/b13-7+,20-8-. The van der Waals surface area contributed by atoms with Crippen LogP contribution in [0.25, 0.3) is 16.8 Å². The lowest BCUT2D eigenvalue weighted by molar-refractivity contribution is -0.114. The predicted molar refractivity (Wildman–Crippen MR) is 102 cm³/mol. The Morgan fingerprint density at radius 3 is 2.96 bits per heavy atom. The van der Waals surface area contributed by atoms with Crippen molar-refractivity contribution in [2.75, 3.05) is 11.9 Å². The van der Waals surface area contributed by atoms with E-state index in [0.717, 1.165) is 28.1 Å². The number of carbonyl (C=O) groups excluding carboxylic acids is 1. The summed E-state index contributed by atoms with van der Waals surface area (Å²) in [5.41, 5.74) is 10.0. The maximum absolute atomic E-state index is 11.3. The number of nitrogens with one attached hydrogen (secondary N) is 1. The Bertz CT molecular complexity index is 805. The van der Waals surface area contributed by atoms with Gasteiger partial charge in [-0.2, -0.15) is 0 Å². The molecule has 0 spiro atoms. The molecule has 1 amide bonds. The van der Waals surface area contributed by atoms with Crippen LogP contribution in [0.5, 0.6) is 0 Å². The third-order valence-electron chi connectivity index (χ3n) is 3.17. The van der Waals surface area contributed by atoms with Crippen LogP contribution in [-0.4, -0.2) is 23.7 Å². The van der Waals surface area contributed by atoms with E-state index in [0.29, 0.717) is 5.13 Å².